The molecule has 3 aromatic rings. The number of piperidine rings is 1. The van der Waals surface area contributed by atoms with E-state index < -0.39 is 11.7 Å². The van der Waals surface area contributed by atoms with Crippen LogP contribution in [0.15, 0.2) is 39.5 Å². The van der Waals surface area contributed by atoms with Gasteiger partial charge in [-0.3, -0.25) is 0 Å². The van der Waals surface area contributed by atoms with Gasteiger partial charge >= 0.3 is 11.7 Å². The van der Waals surface area contributed by atoms with E-state index in [2.05, 4.69) is 22.6 Å². The van der Waals surface area contributed by atoms with Crippen LogP contribution < -0.4 is 35.2 Å². The molecular formula is C26H31N3O7. The number of amides is 2. The third kappa shape index (κ3) is 5.33. The zero-order valence-electron chi connectivity index (χ0n) is 21.1. The average molecular weight is 498 g/mol. The van der Waals surface area contributed by atoms with Gasteiger partial charge in [0.15, 0.2) is 11.5 Å². The van der Waals surface area contributed by atoms with E-state index in [1.54, 1.807) is 18.2 Å². The maximum atomic E-state index is 12.7. The summed E-state index contributed by atoms with van der Waals surface area (Å²) in [6, 6.07) is 7.81. The van der Waals surface area contributed by atoms with Gasteiger partial charge in [-0.1, -0.05) is 0 Å². The van der Waals surface area contributed by atoms with E-state index in [0.29, 0.717) is 39.7 Å². The number of aryl methyl sites for hydroxylation is 1. The summed E-state index contributed by atoms with van der Waals surface area (Å²) < 4.78 is 27.7. The van der Waals surface area contributed by atoms with E-state index >= 15 is 0 Å². The molecule has 2 N–H and O–H groups in total. The summed E-state index contributed by atoms with van der Waals surface area (Å²) in [7, 11) is 6.55. The third-order valence-corrected chi connectivity index (χ3v) is 6.23. The molecule has 2 aromatic carbocycles. The Hall–Kier alpha value is -3.92. The van der Waals surface area contributed by atoms with Crippen molar-refractivity contribution >= 4 is 28.4 Å². The van der Waals surface area contributed by atoms with Gasteiger partial charge in [-0.05, 0) is 45.0 Å². The molecule has 10 heteroatoms. The fourth-order valence-corrected chi connectivity index (χ4v) is 4.24. The highest BCUT2D eigenvalue weighted by atomic mass is 16.5. The molecular weight excluding hydrogens is 466 g/mol. The van der Waals surface area contributed by atoms with Gasteiger partial charge in [0.05, 0.1) is 27.0 Å². The molecule has 192 valence electrons. The maximum absolute atomic E-state index is 12.7. The predicted molar refractivity (Wildman–Crippen MR) is 137 cm³/mol. The van der Waals surface area contributed by atoms with Gasteiger partial charge in [-0.2, -0.15) is 0 Å². The first kappa shape index (κ1) is 25.2. The molecule has 0 aliphatic carbocycles. The number of anilines is 2. The van der Waals surface area contributed by atoms with Crippen LogP contribution in [0.5, 0.6) is 23.0 Å². The smallest absolute Gasteiger partial charge is 0.360 e. The van der Waals surface area contributed by atoms with Crippen molar-refractivity contribution in [3.05, 3.63) is 46.3 Å². The zero-order valence-corrected chi connectivity index (χ0v) is 21.1. The average Bonchev–Trinajstić information content (AvgIpc) is 2.87. The normalized spacial score (nSPS) is 14.4. The molecule has 0 bridgehead atoms. The largest absolute Gasteiger partial charge is 0.493 e. The summed E-state index contributed by atoms with van der Waals surface area (Å²) in [6.07, 6.45) is 2.02. The quantitative estimate of drug-likeness (QED) is 0.466. The fourth-order valence-electron chi connectivity index (χ4n) is 4.24. The first-order valence-electron chi connectivity index (χ1n) is 11.6. The Morgan fingerprint density at radius 2 is 1.64 bits per heavy atom. The lowest BCUT2D eigenvalue weighted by Gasteiger charge is -2.29. The molecule has 0 radical (unpaired) electrons. The van der Waals surface area contributed by atoms with Crippen LogP contribution in [-0.4, -0.2) is 58.5 Å². The Bertz CT molecular complexity index is 1290. The molecule has 1 aromatic heterocycles. The number of likely N-dealkylation sites (tertiary alicyclic amines) is 1. The van der Waals surface area contributed by atoms with E-state index in [-0.39, 0.29) is 11.8 Å². The molecule has 0 spiro atoms. The number of ether oxygens (including phenoxy) is 4. The van der Waals surface area contributed by atoms with Crippen LogP contribution in [0.4, 0.5) is 16.2 Å². The Kier molecular flexibility index (Phi) is 7.54. The van der Waals surface area contributed by atoms with Gasteiger partial charge in [0.2, 0.25) is 5.75 Å². The van der Waals surface area contributed by atoms with Gasteiger partial charge in [0.1, 0.15) is 23.1 Å². The summed E-state index contributed by atoms with van der Waals surface area (Å²) in [4.78, 5) is 27.6. The Balaban J connectivity index is 1.52. The van der Waals surface area contributed by atoms with Gasteiger partial charge in [-0.15, -0.1) is 0 Å². The Morgan fingerprint density at radius 3 is 2.25 bits per heavy atom. The van der Waals surface area contributed by atoms with Gasteiger partial charge in [-0.25, -0.2) is 9.59 Å². The van der Waals surface area contributed by atoms with Crippen LogP contribution in [0.1, 0.15) is 18.4 Å². The Labute approximate surface area is 209 Å². The highest BCUT2D eigenvalue weighted by molar-refractivity contribution is 6.01. The van der Waals surface area contributed by atoms with Crippen molar-refractivity contribution in [1.82, 2.24) is 4.90 Å². The first-order valence-corrected chi connectivity index (χ1v) is 11.6. The number of hydrogen-bond donors (Lipinski definition) is 2. The van der Waals surface area contributed by atoms with Gasteiger partial charge in [0.25, 0.3) is 0 Å². The number of methoxy groups -OCH3 is 3. The second-order valence-electron chi connectivity index (χ2n) is 8.67. The summed E-state index contributed by atoms with van der Waals surface area (Å²) >= 11 is 0. The van der Waals surface area contributed by atoms with E-state index in [1.807, 2.05) is 19.1 Å². The molecule has 2 heterocycles. The third-order valence-electron chi connectivity index (χ3n) is 6.23. The van der Waals surface area contributed by atoms with Crippen molar-refractivity contribution in [3.63, 3.8) is 0 Å². The lowest BCUT2D eigenvalue weighted by atomic mass is 10.1. The number of nitrogens with one attached hydrogen (secondary N) is 2. The lowest BCUT2D eigenvalue weighted by Crippen LogP contribution is -2.35. The molecule has 0 atom stereocenters. The van der Waals surface area contributed by atoms with Crippen LogP contribution in [0.25, 0.3) is 11.0 Å². The molecule has 1 saturated heterocycles. The second kappa shape index (κ2) is 10.8. The monoisotopic (exact) mass is 497 g/mol. The maximum Gasteiger partial charge on any atom is 0.360 e. The molecule has 1 aliphatic rings. The van der Waals surface area contributed by atoms with Crippen molar-refractivity contribution in [2.45, 2.75) is 25.9 Å². The standard InChI is InChI=1S/C26H31N3O7/c1-15-20(35-18-8-10-29(2)11-9-18)7-6-16-12-19(25(30)36-23(15)16)28-26(31)27-17-13-21(32-3)24(34-5)22(14-17)33-4/h6-7,12-14,18H,8-11H2,1-5H3,(H2,27,28,31). The lowest BCUT2D eigenvalue weighted by molar-refractivity contribution is 0.113. The van der Waals surface area contributed by atoms with Gasteiger partial charge < -0.3 is 38.9 Å². The minimum absolute atomic E-state index is 0.0100. The van der Waals surface area contributed by atoms with Gasteiger partial charge in [0, 0.05) is 36.2 Å². The van der Waals surface area contributed by atoms with Crippen LogP contribution in [0.2, 0.25) is 0 Å². The minimum Gasteiger partial charge on any atom is -0.493 e. The number of hydrogen-bond acceptors (Lipinski definition) is 8. The number of rotatable bonds is 7. The van der Waals surface area contributed by atoms with E-state index in [9.17, 15) is 9.59 Å². The molecule has 0 saturated carbocycles. The Morgan fingerprint density at radius 1 is 0.972 bits per heavy atom. The zero-order chi connectivity index (χ0) is 25.8. The van der Waals surface area contributed by atoms with E-state index in [1.165, 1.54) is 21.3 Å². The highest BCUT2D eigenvalue weighted by Gasteiger charge is 2.20. The number of fused-ring (bicyclic) bond motifs is 1. The van der Waals surface area contributed by atoms with Crippen molar-refractivity contribution in [3.8, 4) is 23.0 Å². The summed E-state index contributed by atoms with van der Waals surface area (Å²) in [5, 5.41) is 5.89. The van der Waals surface area contributed by atoms with Crippen LogP contribution >= 0.6 is 0 Å². The summed E-state index contributed by atoms with van der Waals surface area (Å²) in [5.41, 5.74) is 0.912. The molecule has 2 amide bonds. The molecule has 1 fully saturated rings. The van der Waals surface area contributed by atoms with E-state index in [0.717, 1.165) is 31.5 Å². The van der Waals surface area contributed by atoms with Crippen LogP contribution in [-0.2, 0) is 0 Å². The fraction of sp³-hybridized carbons (Fsp3) is 0.385. The first-order chi connectivity index (χ1) is 17.3. The predicted octanol–water partition coefficient (Wildman–Crippen LogP) is 4.24. The van der Waals surface area contributed by atoms with E-state index in [4.69, 9.17) is 23.4 Å². The van der Waals surface area contributed by atoms with Crippen molar-refractivity contribution < 1.29 is 28.2 Å². The number of carbonyl (C=O) groups is 1. The topological polar surface area (TPSA) is 112 Å². The number of urea groups is 1. The van der Waals surface area contributed by atoms with Crippen molar-refractivity contribution in [2.75, 3.05) is 52.1 Å². The number of carbonyl (C=O) groups excluding carboxylic acids is 1. The molecule has 1 aliphatic heterocycles. The van der Waals surface area contributed by atoms with Crippen molar-refractivity contribution in [2.24, 2.45) is 0 Å². The molecule has 0 unspecified atom stereocenters. The number of benzene rings is 2. The summed E-state index contributed by atoms with van der Waals surface area (Å²) in [6.45, 7) is 3.83. The molecule has 4 rings (SSSR count). The summed E-state index contributed by atoms with van der Waals surface area (Å²) in [5.74, 6) is 1.86. The molecule has 36 heavy (non-hydrogen) atoms. The minimum atomic E-state index is -0.665. The highest BCUT2D eigenvalue weighted by Crippen LogP contribution is 2.40. The second-order valence-corrected chi connectivity index (χ2v) is 8.67. The van der Waals surface area contributed by atoms with Crippen LogP contribution in [0, 0.1) is 6.92 Å². The van der Waals surface area contributed by atoms with Crippen molar-refractivity contribution in [1.29, 1.82) is 0 Å². The van der Waals surface area contributed by atoms with Crippen LogP contribution in [0.3, 0.4) is 0 Å². The molecule has 10 nitrogen and oxygen atoms in total. The number of nitrogens with zero attached hydrogens (tertiary/aromatic N) is 1. The SMILES string of the molecule is COc1cc(NC(=O)Nc2cc3ccc(OC4CCN(C)CC4)c(C)c3oc2=O)cc(OC)c1OC.